The Labute approximate surface area is 117 Å². The zero-order chi connectivity index (χ0) is 13.3. The number of benzene rings is 2. The highest BCUT2D eigenvalue weighted by Crippen LogP contribution is 2.26. The number of hydrogen-bond acceptors (Lipinski definition) is 0. The minimum absolute atomic E-state index is 0.724. The highest BCUT2D eigenvalue weighted by molar-refractivity contribution is 5.19. The molecule has 0 saturated heterocycles. The first-order valence-corrected chi connectivity index (χ1v) is 7.40. The van der Waals surface area contributed by atoms with Crippen molar-refractivity contribution in [1.29, 1.82) is 0 Å². The highest BCUT2D eigenvalue weighted by atomic mass is 14.1. The van der Waals surface area contributed by atoms with E-state index in [4.69, 9.17) is 0 Å². The van der Waals surface area contributed by atoms with E-state index in [-0.39, 0.29) is 0 Å². The predicted octanol–water partition coefficient (Wildman–Crippen LogP) is 5.39. The number of rotatable bonds is 7. The minimum atomic E-state index is 0.724. The normalized spacial score (nSPS) is 12.3. The average molecular weight is 251 g/mol. The van der Waals surface area contributed by atoms with E-state index in [1.165, 1.54) is 43.2 Å². The molecule has 0 heteroatoms. The van der Waals surface area contributed by atoms with Gasteiger partial charge in [0, 0.05) is 0 Å². The second-order valence-electron chi connectivity index (χ2n) is 5.20. The van der Waals surface area contributed by atoms with Gasteiger partial charge in [-0.15, -0.1) is 0 Å². The Morgan fingerprint density at radius 2 is 1.68 bits per heavy atom. The van der Waals surface area contributed by atoms with Gasteiger partial charge in [0.1, 0.15) is 0 Å². The van der Waals surface area contributed by atoms with Crippen LogP contribution in [0.3, 0.4) is 0 Å². The van der Waals surface area contributed by atoms with Crippen molar-refractivity contribution >= 4 is 0 Å². The predicted molar refractivity (Wildman–Crippen MR) is 82.3 cm³/mol. The Bertz CT molecular complexity index is 444. The van der Waals surface area contributed by atoms with Gasteiger partial charge >= 0.3 is 0 Å². The molecule has 0 amide bonds. The van der Waals surface area contributed by atoms with E-state index in [0.29, 0.717) is 0 Å². The summed E-state index contributed by atoms with van der Waals surface area (Å²) in [6.45, 7) is 2.28. The van der Waals surface area contributed by atoms with Gasteiger partial charge in [-0.1, -0.05) is 67.9 Å². The number of aryl methyl sites for hydroxylation is 1. The lowest BCUT2D eigenvalue weighted by molar-refractivity contribution is 0.546. The molecule has 0 N–H and O–H groups in total. The van der Waals surface area contributed by atoms with Crippen LogP contribution in [-0.4, -0.2) is 0 Å². The van der Waals surface area contributed by atoms with E-state index in [1.54, 1.807) is 0 Å². The molecule has 0 bridgehead atoms. The van der Waals surface area contributed by atoms with Crippen LogP contribution in [0.5, 0.6) is 0 Å². The molecule has 2 rings (SSSR count). The second kappa shape index (κ2) is 7.78. The molecule has 0 fully saturated rings. The van der Waals surface area contributed by atoms with Crippen molar-refractivity contribution in [2.24, 2.45) is 0 Å². The molecule has 1 unspecified atom stereocenters. The van der Waals surface area contributed by atoms with Crippen molar-refractivity contribution < 1.29 is 0 Å². The monoisotopic (exact) mass is 251 g/mol. The molecule has 0 heterocycles. The summed E-state index contributed by atoms with van der Waals surface area (Å²) in [5.41, 5.74) is 2.94. The molecule has 1 atom stereocenters. The molecule has 1 radical (unpaired) electrons. The van der Waals surface area contributed by atoms with Crippen molar-refractivity contribution in [2.45, 2.75) is 44.9 Å². The summed E-state index contributed by atoms with van der Waals surface area (Å²) in [5, 5.41) is 0. The molecule has 0 spiro atoms. The van der Waals surface area contributed by atoms with Crippen LogP contribution in [0.2, 0.25) is 0 Å². The fourth-order valence-corrected chi connectivity index (χ4v) is 2.69. The standard InChI is InChI=1S/C19H23/c1-2-10-18(19-14-7-4-8-15-19)16-9-13-17-11-5-3-6-12-17/h4-8,11-12,14-15,18H,2,9-10,13,16H2,1H3. The molecule has 99 valence electrons. The lowest BCUT2D eigenvalue weighted by Gasteiger charge is -2.16. The summed E-state index contributed by atoms with van der Waals surface area (Å²) in [6.07, 6.45) is 6.30. The van der Waals surface area contributed by atoms with E-state index >= 15 is 0 Å². The Morgan fingerprint density at radius 1 is 0.947 bits per heavy atom. The molecule has 19 heavy (non-hydrogen) atoms. The molecule has 0 aliphatic heterocycles. The van der Waals surface area contributed by atoms with Gasteiger partial charge in [0.25, 0.3) is 0 Å². The topological polar surface area (TPSA) is 0 Å². The van der Waals surface area contributed by atoms with Crippen LogP contribution in [0.1, 0.15) is 49.7 Å². The first kappa shape index (κ1) is 13.9. The summed E-state index contributed by atoms with van der Waals surface area (Å²) in [4.78, 5) is 0. The maximum absolute atomic E-state index is 3.08. The summed E-state index contributed by atoms with van der Waals surface area (Å²) in [6, 6.07) is 22.4. The Hall–Kier alpha value is -1.56. The van der Waals surface area contributed by atoms with Crippen LogP contribution >= 0.6 is 0 Å². The molecule has 0 aliphatic carbocycles. The lowest BCUT2D eigenvalue weighted by Crippen LogP contribution is -1.99. The highest BCUT2D eigenvalue weighted by Gasteiger charge is 2.09. The molecule has 2 aromatic carbocycles. The molecule has 0 aromatic heterocycles. The molecule has 0 saturated carbocycles. The third kappa shape index (κ3) is 4.55. The molecule has 0 nitrogen and oxygen atoms in total. The van der Waals surface area contributed by atoms with E-state index in [1.807, 2.05) is 12.1 Å². The van der Waals surface area contributed by atoms with Crippen molar-refractivity contribution in [1.82, 2.24) is 0 Å². The summed E-state index contributed by atoms with van der Waals surface area (Å²) < 4.78 is 0. The zero-order valence-corrected chi connectivity index (χ0v) is 11.8. The van der Waals surface area contributed by atoms with E-state index in [9.17, 15) is 0 Å². The second-order valence-corrected chi connectivity index (χ2v) is 5.20. The van der Waals surface area contributed by atoms with Gasteiger partial charge in [-0.05, 0) is 48.8 Å². The number of hydrogen-bond donors (Lipinski definition) is 0. The van der Waals surface area contributed by atoms with Crippen LogP contribution in [0.4, 0.5) is 0 Å². The van der Waals surface area contributed by atoms with Crippen LogP contribution in [0.25, 0.3) is 0 Å². The van der Waals surface area contributed by atoms with Gasteiger partial charge in [0.15, 0.2) is 0 Å². The van der Waals surface area contributed by atoms with Gasteiger partial charge < -0.3 is 0 Å². The van der Waals surface area contributed by atoms with Crippen molar-refractivity contribution in [2.75, 3.05) is 0 Å². The quantitative estimate of drug-likeness (QED) is 0.618. The first-order valence-electron chi connectivity index (χ1n) is 7.40. The van der Waals surface area contributed by atoms with Crippen LogP contribution in [0, 0.1) is 6.07 Å². The van der Waals surface area contributed by atoms with E-state index in [0.717, 1.165) is 5.92 Å². The van der Waals surface area contributed by atoms with Gasteiger partial charge in [0.2, 0.25) is 0 Å². The third-order valence-corrected chi connectivity index (χ3v) is 3.71. The van der Waals surface area contributed by atoms with Gasteiger partial charge in [-0.3, -0.25) is 0 Å². The SMILES string of the molecule is CCCC(CCCc1cc[c]cc1)c1ccccc1. The van der Waals surface area contributed by atoms with Gasteiger partial charge in [-0.2, -0.15) is 0 Å². The summed E-state index contributed by atoms with van der Waals surface area (Å²) >= 11 is 0. The minimum Gasteiger partial charge on any atom is -0.0654 e. The van der Waals surface area contributed by atoms with E-state index in [2.05, 4.69) is 55.5 Å². The average Bonchev–Trinajstić information content (AvgIpc) is 2.48. The Kier molecular flexibility index (Phi) is 5.68. The van der Waals surface area contributed by atoms with Crippen LogP contribution < -0.4 is 0 Å². The fourth-order valence-electron chi connectivity index (χ4n) is 2.69. The van der Waals surface area contributed by atoms with Gasteiger partial charge in [-0.25, -0.2) is 0 Å². The largest absolute Gasteiger partial charge is 0.0654 e. The van der Waals surface area contributed by atoms with Crippen molar-refractivity contribution in [3.05, 3.63) is 71.8 Å². The van der Waals surface area contributed by atoms with Crippen LogP contribution in [0.15, 0.2) is 54.6 Å². The Morgan fingerprint density at radius 3 is 2.37 bits per heavy atom. The van der Waals surface area contributed by atoms with Crippen molar-refractivity contribution in [3.8, 4) is 0 Å². The molecular formula is C19H23. The fraction of sp³-hybridized carbons (Fsp3) is 0.368. The summed E-state index contributed by atoms with van der Waals surface area (Å²) in [7, 11) is 0. The summed E-state index contributed by atoms with van der Waals surface area (Å²) in [5.74, 6) is 0.724. The first-order chi connectivity index (χ1) is 9.40. The molecular weight excluding hydrogens is 228 g/mol. The van der Waals surface area contributed by atoms with Gasteiger partial charge in [0.05, 0.1) is 0 Å². The maximum atomic E-state index is 3.08. The zero-order valence-electron chi connectivity index (χ0n) is 11.8. The van der Waals surface area contributed by atoms with Crippen LogP contribution in [-0.2, 0) is 6.42 Å². The lowest BCUT2D eigenvalue weighted by atomic mass is 9.89. The van der Waals surface area contributed by atoms with Crippen molar-refractivity contribution in [3.63, 3.8) is 0 Å². The van der Waals surface area contributed by atoms with E-state index < -0.39 is 0 Å². The third-order valence-electron chi connectivity index (χ3n) is 3.71. The molecule has 0 aliphatic rings. The smallest absolute Gasteiger partial charge is 0.0162 e. The molecule has 2 aromatic rings. The maximum Gasteiger partial charge on any atom is -0.0162 e. The Balaban J connectivity index is 1.87.